The van der Waals surface area contributed by atoms with Gasteiger partial charge in [0.15, 0.2) is 0 Å². The maximum Gasteiger partial charge on any atom is 0.266 e. The summed E-state index contributed by atoms with van der Waals surface area (Å²) >= 11 is 9.98. The molecule has 0 bridgehead atoms. The van der Waals surface area contributed by atoms with Crippen molar-refractivity contribution in [3.05, 3.63) is 69.0 Å². The number of amides is 1. The molecule has 1 fully saturated rings. The number of carbonyl (C=O) groups excluding carboxylic acids is 1. The zero-order valence-electron chi connectivity index (χ0n) is 12.6. The highest BCUT2D eigenvalue weighted by Crippen LogP contribution is 2.34. The van der Waals surface area contributed by atoms with Crippen LogP contribution < -0.4 is 0 Å². The Morgan fingerprint density at radius 1 is 1.21 bits per heavy atom. The first-order valence-corrected chi connectivity index (χ1v) is 9.34. The van der Waals surface area contributed by atoms with Crippen LogP contribution in [0.2, 0.25) is 0 Å². The Kier molecular flexibility index (Phi) is 5.38. The second-order valence-corrected chi connectivity index (χ2v) is 7.86. The second kappa shape index (κ2) is 7.51. The molecule has 1 heterocycles. The minimum Gasteiger partial charge on any atom is -0.507 e. The zero-order chi connectivity index (χ0) is 17.1. The summed E-state index contributed by atoms with van der Waals surface area (Å²) in [5.41, 5.74) is 1.76. The summed E-state index contributed by atoms with van der Waals surface area (Å²) in [7, 11) is 0. The fourth-order valence-electron chi connectivity index (χ4n) is 2.36. The quantitative estimate of drug-likeness (QED) is 0.580. The lowest BCUT2D eigenvalue weighted by Crippen LogP contribution is -2.30. The smallest absolute Gasteiger partial charge is 0.266 e. The monoisotopic (exact) mass is 419 g/mol. The van der Waals surface area contributed by atoms with E-state index in [2.05, 4.69) is 15.9 Å². The van der Waals surface area contributed by atoms with E-state index in [0.717, 1.165) is 10.9 Å². The molecular weight excluding hydrogens is 406 g/mol. The van der Waals surface area contributed by atoms with Gasteiger partial charge in [-0.15, -0.1) is 0 Å². The van der Waals surface area contributed by atoms with Gasteiger partial charge in [-0.2, -0.15) is 0 Å². The fourth-order valence-corrected chi connectivity index (χ4v) is 4.04. The fraction of sp³-hybridized carbons (Fsp3) is 0.111. The summed E-state index contributed by atoms with van der Waals surface area (Å²) in [6.07, 6.45) is 2.44. The van der Waals surface area contributed by atoms with E-state index in [1.165, 1.54) is 17.3 Å². The van der Waals surface area contributed by atoms with Gasteiger partial charge in [-0.25, -0.2) is 0 Å². The zero-order valence-corrected chi connectivity index (χ0v) is 15.8. The number of phenolic OH excluding ortho intramolecular Hbond substituents is 1. The van der Waals surface area contributed by atoms with Gasteiger partial charge in [0.2, 0.25) is 0 Å². The minimum absolute atomic E-state index is 0.111. The average Bonchev–Trinajstić information content (AvgIpc) is 2.84. The van der Waals surface area contributed by atoms with Gasteiger partial charge in [0, 0.05) is 16.6 Å². The molecule has 0 aliphatic carbocycles. The predicted octanol–water partition coefficient (Wildman–Crippen LogP) is 4.60. The minimum atomic E-state index is -0.111. The van der Waals surface area contributed by atoms with Gasteiger partial charge in [-0.05, 0) is 36.3 Å². The third-order valence-electron chi connectivity index (χ3n) is 3.62. The van der Waals surface area contributed by atoms with Gasteiger partial charge in [-0.1, -0.05) is 70.2 Å². The maximum atomic E-state index is 12.6. The molecule has 122 valence electrons. The molecule has 1 aliphatic heterocycles. The molecule has 0 aromatic heterocycles. The Morgan fingerprint density at radius 3 is 2.71 bits per heavy atom. The standard InChI is InChI=1S/C18H14BrNO2S2/c19-14-6-7-15(21)13(10-14)11-16-17(22)20(18(23)24-16)9-8-12-4-2-1-3-5-12/h1-7,10-11,21H,8-9H2. The Hall–Kier alpha value is -1.63. The number of thiocarbonyl (C=S) groups is 1. The molecule has 6 heteroatoms. The predicted molar refractivity (Wildman–Crippen MR) is 106 cm³/mol. The van der Waals surface area contributed by atoms with Crippen LogP contribution in [0.25, 0.3) is 6.08 Å². The normalized spacial score (nSPS) is 16.2. The molecule has 2 aromatic carbocycles. The van der Waals surface area contributed by atoms with Crippen molar-refractivity contribution in [2.75, 3.05) is 6.54 Å². The van der Waals surface area contributed by atoms with E-state index in [1.807, 2.05) is 30.3 Å². The summed E-state index contributed by atoms with van der Waals surface area (Å²) in [6, 6.07) is 15.1. The molecule has 2 aromatic rings. The van der Waals surface area contributed by atoms with Crippen LogP contribution in [0.5, 0.6) is 5.75 Å². The number of aromatic hydroxyl groups is 1. The van der Waals surface area contributed by atoms with Crippen LogP contribution in [0.1, 0.15) is 11.1 Å². The van der Waals surface area contributed by atoms with Crippen LogP contribution in [-0.4, -0.2) is 26.8 Å². The van der Waals surface area contributed by atoms with Crippen molar-refractivity contribution in [1.82, 2.24) is 4.90 Å². The molecule has 0 spiro atoms. The summed E-state index contributed by atoms with van der Waals surface area (Å²) in [5.74, 6) is 0.0214. The van der Waals surface area contributed by atoms with Crippen molar-refractivity contribution in [2.45, 2.75) is 6.42 Å². The van der Waals surface area contributed by atoms with Gasteiger partial charge < -0.3 is 5.11 Å². The van der Waals surface area contributed by atoms with Crippen LogP contribution in [0.15, 0.2) is 57.9 Å². The van der Waals surface area contributed by atoms with Crippen molar-refractivity contribution in [3.63, 3.8) is 0 Å². The molecule has 0 saturated carbocycles. The van der Waals surface area contributed by atoms with E-state index in [9.17, 15) is 9.90 Å². The highest BCUT2D eigenvalue weighted by Gasteiger charge is 2.31. The third-order valence-corrected chi connectivity index (χ3v) is 5.49. The third kappa shape index (κ3) is 3.88. The van der Waals surface area contributed by atoms with E-state index in [-0.39, 0.29) is 11.7 Å². The summed E-state index contributed by atoms with van der Waals surface area (Å²) in [6.45, 7) is 0.552. The molecule has 1 N–H and O–H groups in total. The lowest BCUT2D eigenvalue weighted by molar-refractivity contribution is -0.122. The highest BCUT2D eigenvalue weighted by molar-refractivity contribution is 9.10. The summed E-state index contributed by atoms with van der Waals surface area (Å²) < 4.78 is 1.39. The van der Waals surface area contributed by atoms with Crippen molar-refractivity contribution < 1.29 is 9.90 Å². The molecule has 0 unspecified atom stereocenters. The molecule has 0 radical (unpaired) electrons. The number of hydrogen-bond acceptors (Lipinski definition) is 4. The van der Waals surface area contributed by atoms with Crippen LogP contribution in [-0.2, 0) is 11.2 Å². The van der Waals surface area contributed by atoms with Gasteiger partial charge in [0.1, 0.15) is 10.1 Å². The SMILES string of the molecule is O=C1C(=Cc2cc(Br)ccc2O)SC(=S)N1CCc1ccccc1. The Bertz CT molecular complexity index is 821. The molecule has 3 nitrogen and oxygen atoms in total. The first-order chi connectivity index (χ1) is 11.5. The molecule has 0 atom stereocenters. The number of carbonyl (C=O) groups is 1. The topological polar surface area (TPSA) is 40.5 Å². The van der Waals surface area contributed by atoms with Crippen LogP contribution in [0.4, 0.5) is 0 Å². The average molecular weight is 420 g/mol. The summed E-state index contributed by atoms with van der Waals surface area (Å²) in [4.78, 5) is 14.7. The molecule has 1 amide bonds. The largest absolute Gasteiger partial charge is 0.507 e. The second-order valence-electron chi connectivity index (χ2n) is 5.27. The van der Waals surface area contributed by atoms with Crippen molar-refractivity contribution in [2.24, 2.45) is 0 Å². The van der Waals surface area contributed by atoms with Crippen LogP contribution in [0.3, 0.4) is 0 Å². The summed E-state index contributed by atoms with van der Waals surface area (Å²) in [5, 5.41) is 9.93. The maximum absolute atomic E-state index is 12.6. The molecule has 3 rings (SSSR count). The first kappa shape index (κ1) is 17.2. The molecular formula is C18H14BrNO2S2. The van der Waals surface area contributed by atoms with E-state index in [1.54, 1.807) is 29.2 Å². The van der Waals surface area contributed by atoms with E-state index >= 15 is 0 Å². The van der Waals surface area contributed by atoms with Gasteiger partial charge in [0.05, 0.1) is 4.91 Å². The number of rotatable bonds is 4. The first-order valence-electron chi connectivity index (χ1n) is 7.32. The lowest BCUT2D eigenvalue weighted by Gasteiger charge is -2.14. The number of nitrogens with zero attached hydrogens (tertiary/aromatic N) is 1. The molecule has 1 aliphatic rings. The Morgan fingerprint density at radius 2 is 1.96 bits per heavy atom. The van der Waals surface area contributed by atoms with Crippen molar-refractivity contribution in [1.29, 1.82) is 0 Å². The number of hydrogen-bond donors (Lipinski definition) is 1. The molecule has 24 heavy (non-hydrogen) atoms. The number of thioether (sulfide) groups is 1. The van der Waals surface area contributed by atoms with Crippen LogP contribution in [0, 0.1) is 0 Å². The van der Waals surface area contributed by atoms with E-state index in [0.29, 0.717) is 21.3 Å². The van der Waals surface area contributed by atoms with Gasteiger partial charge >= 0.3 is 0 Å². The van der Waals surface area contributed by atoms with Gasteiger partial charge in [-0.3, -0.25) is 9.69 Å². The van der Waals surface area contributed by atoms with E-state index in [4.69, 9.17) is 12.2 Å². The molecule has 1 saturated heterocycles. The van der Waals surface area contributed by atoms with Crippen molar-refractivity contribution in [3.8, 4) is 5.75 Å². The Labute approximate surface area is 158 Å². The number of benzene rings is 2. The number of phenols is 1. The lowest BCUT2D eigenvalue weighted by atomic mass is 10.1. The Balaban J connectivity index is 1.76. The van der Waals surface area contributed by atoms with Crippen LogP contribution >= 0.6 is 39.9 Å². The van der Waals surface area contributed by atoms with E-state index < -0.39 is 0 Å². The van der Waals surface area contributed by atoms with Gasteiger partial charge in [0.25, 0.3) is 5.91 Å². The van der Waals surface area contributed by atoms with Crippen molar-refractivity contribution >= 4 is 56.2 Å². The number of halogens is 1. The highest BCUT2D eigenvalue weighted by atomic mass is 79.9.